The number of benzene rings is 2. The lowest BCUT2D eigenvalue weighted by Crippen LogP contribution is -2.48. The van der Waals surface area contributed by atoms with Gasteiger partial charge in [0.25, 0.3) is 11.6 Å². The van der Waals surface area contributed by atoms with Crippen molar-refractivity contribution in [2.45, 2.75) is 6.54 Å². The van der Waals surface area contributed by atoms with Crippen LogP contribution in [0.25, 0.3) is 0 Å². The van der Waals surface area contributed by atoms with Crippen LogP contribution in [0.3, 0.4) is 0 Å². The molecule has 168 valence electrons. The smallest absolute Gasteiger partial charge is 0.338 e. The van der Waals surface area contributed by atoms with Gasteiger partial charge in [0, 0.05) is 50.4 Å². The Bertz CT molecular complexity index is 1050. The van der Waals surface area contributed by atoms with Crippen molar-refractivity contribution in [1.82, 2.24) is 9.80 Å². The van der Waals surface area contributed by atoms with Crippen LogP contribution in [0, 0.1) is 10.1 Å². The standard InChI is InChI=1S/C22H23N3O7/c1-30-22(27)17-11-16(12-18(13-17)25(28)29)21(26)24-6-4-23(5-7-24)14-15-2-3-19-20(10-15)32-9-8-31-19/h2-3,10-13H,4-9,14H2,1H3. The Labute approximate surface area is 184 Å². The summed E-state index contributed by atoms with van der Waals surface area (Å²) >= 11 is 0. The molecule has 0 spiro atoms. The number of ether oxygens (including phenoxy) is 3. The van der Waals surface area contributed by atoms with Crippen molar-refractivity contribution in [3.8, 4) is 11.5 Å². The van der Waals surface area contributed by atoms with Crippen LogP contribution in [-0.2, 0) is 11.3 Å². The van der Waals surface area contributed by atoms with E-state index in [1.54, 1.807) is 4.90 Å². The second kappa shape index (κ2) is 9.23. The Morgan fingerprint density at radius 1 is 1.00 bits per heavy atom. The van der Waals surface area contributed by atoms with Gasteiger partial charge in [0.15, 0.2) is 11.5 Å². The van der Waals surface area contributed by atoms with Gasteiger partial charge in [-0.2, -0.15) is 0 Å². The molecule has 32 heavy (non-hydrogen) atoms. The van der Waals surface area contributed by atoms with Gasteiger partial charge in [0.05, 0.1) is 17.6 Å². The third kappa shape index (κ3) is 4.65. The Kier molecular flexibility index (Phi) is 6.22. The summed E-state index contributed by atoms with van der Waals surface area (Å²) in [6.45, 7) is 4.04. The lowest BCUT2D eigenvalue weighted by molar-refractivity contribution is -0.384. The average Bonchev–Trinajstić information content (AvgIpc) is 2.83. The largest absolute Gasteiger partial charge is 0.486 e. The Morgan fingerprint density at radius 3 is 2.38 bits per heavy atom. The monoisotopic (exact) mass is 441 g/mol. The first-order valence-corrected chi connectivity index (χ1v) is 10.2. The number of non-ortho nitro benzene ring substituents is 1. The molecule has 2 aliphatic heterocycles. The fourth-order valence-electron chi connectivity index (χ4n) is 3.81. The minimum Gasteiger partial charge on any atom is -0.486 e. The maximum atomic E-state index is 13.0. The van der Waals surface area contributed by atoms with Crippen LogP contribution in [-0.4, -0.2) is 73.1 Å². The van der Waals surface area contributed by atoms with Gasteiger partial charge in [-0.3, -0.25) is 19.8 Å². The highest BCUT2D eigenvalue weighted by molar-refractivity contribution is 5.99. The molecule has 0 atom stereocenters. The number of methoxy groups -OCH3 is 1. The van der Waals surface area contributed by atoms with Gasteiger partial charge in [-0.05, 0) is 23.8 Å². The van der Waals surface area contributed by atoms with E-state index in [0.717, 1.165) is 23.1 Å². The number of nitro groups is 1. The number of nitrogens with zero attached hydrogens (tertiary/aromatic N) is 3. The second-order valence-corrected chi connectivity index (χ2v) is 7.56. The van der Waals surface area contributed by atoms with Crippen LogP contribution in [0.5, 0.6) is 11.5 Å². The van der Waals surface area contributed by atoms with E-state index in [0.29, 0.717) is 45.9 Å². The number of rotatable bonds is 5. The molecule has 2 aromatic carbocycles. The summed E-state index contributed by atoms with van der Waals surface area (Å²) in [5, 5.41) is 11.2. The molecule has 4 rings (SSSR count). The van der Waals surface area contributed by atoms with Crippen LogP contribution in [0.15, 0.2) is 36.4 Å². The number of esters is 1. The highest BCUT2D eigenvalue weighted by atomic mass is 16.6. The zero-order chi connectivity index (χ0) is 22.7. The van der Waals surface area contributed by atoms with Crippen LogP contribution in [0.2, 0.25) is 0 Å². The topological polar surface area (TPSA) is 111 Å². The Morgan fingerprint density at radius 2 is 1.69 bits per heavy atom. The maximum Gasteiger partial charge on any atom is 0.338 e. The van der Waals surface area contributed by atoms with Crippen molar-refractivity contribution < 1.29 is 28.7 Å². The first kappa shape index (κ1) is 21.6. The van der Waals surface area contributed by atoms with Crippen molar-refractivity contribution in [2.75, 3.05) is 46.5 Å². The number of amides is 1. The molecular weight excluding hydrogens is 418 g/mol. The van der Waals surface area contributed by atoms with Gasteiger partial charge in [-0.1, -0.05) is 6.07 Å². The quantitative estimate of drug-likeness (QED) is 0.394. The van der Waals surface area contributed by atoms with E-state index in [1.165, 1.54) is 19.2 Å². The van der Waals surface area contributed by atoms with Gasteiger partial charge < -0.3 is 19.1 Å². The maximum absolute atomic E-state index is 13.0. The SMILES string of the molecule is COC(=O)c1cc(C(=O)N2CCN(Cc3ccc4c(c3)OCCO4)CC2)cc([N+](=O)[O-])c1. The first-order chi connectivity index (χ1) is 15.4. The van der Waals surface area contributed by atoms with Crippen molar-refractivity contribution in [2.24, 2.45) is 0 Å². The summed E-state index contributed by atoms with van der Waals surface area (Å²) in [6, 6.07) is 9.52. The van der Waals surface area contributed by atoms with Crippen molar-refractivity contribution in [3.05, 3.63) is 63.2 Å². The van der Waals surface area contributed by atoms with Gasteiger partial charge in [0.2, 0.25) is 0 Å². The summed E-state index contributed by atoms with van der Waals surface area (Å²) in [7, 11) is 1.18. The zero-order valence-corrected chi connectivity index (χ0v) is 17.6. The summed E-state index contributed by atoms with van der Waals surface area (Å²) in [5.74, 6) is 0.415. The van der Waals surface area contributed by atoms with E-state index in [9.17, 15) is 19.7 Å². The Balaban J connectivity index is 1.41. The molecule has 10 heteroatoms. The van der Waals surface area contributed by atoms with Crippen LogP contribution < -0.4 is 9.47 Å². The number of hydrogen-bond acceptors (Lipinski definition) is 8. The van der Waals surface area contributed by atoms with Crippen molar-refractivity contribution in [3.63, 3.8) is 0 Å². The molecule has 0 aromatic heterocycles. The van der Waals surface area contributed by atoms with Crippen LogP contribution >= 0.6 is 0 Å². The van der Waals surface area contributed by atoms with E-state index in [1.807, 2.05) is 18.2 Å². The number of hydrogen-bond donors (Lipinski definition) is 0. The molecule has 0 aliphatic carbocycles. The number of fused-ring (bicyclic) bond motifs is 1. The van der Waals surface area contributed by atoms with E-state index < -0.39 is 10.9 Å². The third-order valence-electron chi connectivity index (χ3n) is 5.47. The zero-order valence-electron chi connectivity index (χ0n) is 17.6. The Hall–Kier alpha value is -3.66. The van der Waals surface area contributed by atoms with Gasteiger partial charge in [0.1, 0.15) is 13.2 Å². The minimum atomic E-state index is -0.730. The summed E-state index contributed by atoms with van der Waals surface area (Å²) in [4.78, 5) is 39.3. The predicted molar refractivity (Wildman–Crippen MR) is 113 cm³/mol. The lowest BCUT2D eigenvalue weighted by atomic mass is 10.1. The molecule has 2 aliphatic rings. The van der Waals surface area contributed by atoms with E-state index in [-0.39, 0.29) is 22.7 Å². The van der Waals surface area contributed by atoms with E-state index in [4.69, 9.17) is 9.47 Å². The molecule has 0 saturated carbocycles. The molecular formula is C22H23N3O7. The highest BCUT2D eigenvalue weighted by Crippen LogP contribution is 2.31. The number of carbonyl (C=O) groups is 2. The minimum absolute atomic E-state index is 0.0257. The molecule has 1 saturated heterocycles. The lowest BCUT2D eigenvalue weighted by Gasteiger charge is -2.35. The first-order valence-electron chi connectivity index (χ1n) is 10.2. The van der Waals surface area contributed by atoms with Gasteiger partial charge in [-0.15, -0.1) is 0 Å². The fraction of sp³-hybridized carbons (Fsp3) is 0.364. The van der Waals surface area contributed by atoms with E-state index >= 15 is 0 Å². The molecule has 1 fully saturated rings. The predicted octanol–water partition coefficient (Wildman–Crippen LogP) is 2.11. The summed E-state index contributed by atoms with van der Waals surface area (Å²) < 4.78 is 15.8. The van der Waals surface area contributed by atoms with Crippen molar-refractivity contribution >= 4 is 17.6 Å². The molecule has 0 N–H and O–H groups in total. The van der Waals surface area contributed by atoms with Crippen molar-refractivity contribution in [1.29, 1.82) is 0 Å². The van der Waals surface area contributed by atoms with Gasteiger partial charge >= 0.3 is 5.97 Å². The molecule has 2 heterocycles. The van der Waals surface area contributed by atoms with Crippen LogP contribution in [0.4, 0.5) is 5.69 Å². The number of carbonyl (C=O) groups excluding carboxylic acids is 2. The molecule has 0 bridgehead atoms. The molecule has 0 radical (unpaired) electrons. The fourth-order valence-corrected chi connectivity index (χ4v) is 3.81. The van der Waals surface area contributed by atoms with E-state index in [2.05, 4.69) is 9.64 Å². The number of nitro benzene ring substituents is 1. The normalized spacial score (nSPS) is 15.8. The number of piperazine rings is 1. The molecule has 2 aromatic rings. The summed E-state index contributed by atoms with van der Waals surface area (Å²) in [5.41, 5.74) is 0.839. The second-order valence-electron chi connectivity index (χ2n) is 7.56. The van der Waals surface area contributed by atoms with Crippen LogP contribution in [0.1, 0.15) is 26.3 Å². The van der Waals surface area contributed by atoms with Gasteiger partial charge in [-0.25, -0.2) is 4.79 Å². The molecule has 0 unspecified atom stereocenters. The summed E-state index contributed by atoms with van der Waals surface area (Å²) in [6.07, 6.45) is 0. The highest BCUT2D eigenvalue weighted by Gasteiger charge is 2.25. The molecule has 10 nitrogen and oxygen atoms in total. The molecule has 1 amide bonds. The average molecular weight is 441 g/mol. The third-order valence-corrected chi connectivity index (χ3v) is 5.47.